The molecule has 17 heavy (non-hydrogen) atoms. The van der Waals surface area contributed by atoms with E-state index in [9.17, 15) is 4.79 Å². The summed E-state index contributed by atoms with van der Waals surface area (Å²) in [6.45, 7) is 1.79. The van der Waals surface area contributed by atoms with Gasteiger partial charge in [0.05, 0.1) is 5.52 Å². The van der Waals surface area contributed by atoms with Crippen LogP contribution in [0, 0.1) is 0 Å². The first-order valence-electron chi connectivity index (χ1n) is 5.60. The predicted molar refractivity (Wildman–Crippen MR) is 68.6 cm³/mol. The van der Waals surface area contributed by atoms with E-state index in [1.54, 1.807) is 13.1 Å². The lowest BCUT2D eigenvalue weighted by Crippen LogP contribution is -2.23. The van der Waals surface area contributed by atoms with Crippen molar-refractivity contribution in [2.24, 2.45) is 12.0 Å². The van der Waals surface area contributed by atoms with Crippen LogP contribution in [0.25, 0.3) is 10.9 Å². The van der Waals surface area contributed by atoms with Gasteiger partial charge < -0.3 is 9.88 Å². The van der Waals surface area contributed by atoms with Crippen molar-refractivity contribution in [3.63, 3.8) is 0 Å². The van der Waals surface area contributed by atoms with E-state index in [0.29, 0.717) is 0 Å². The Labute approximate surface area is 99.0 Å². The highest BCUT2D eigenvalue weighted by Gasteiger charge is 2.21. The molecule has 1 amide bonds. The second-order valence-electron chi connectivity index (χ2n) is 4.28. The zero-order chi connectivity index (χ0) is 12.0. The van der Waals surface area contributed by atoms with Gasteiger partial charge in [-0.3, -0.25) is 9.79 Å². The van der Waals surface area contributed by atoms with Gasteiger partial charge >= 0.3 is 0 Å². The lowest BCUT2D eigenvalue weighted by Gasteiger charge is -2.07. The Morgan fingerprint density at radius 2 is 2.12 bits per heavy atom. The molecule has 1 aromatic heterocycles. The number of aliphatic imine (C=N–C) groups is 1. The maximum Gasteiger partial charge on any atom is 0.249 e. The highest BCUT2D eigenvalue weighted by atomic mass is 16.2. The fourth-order valence-corrected chi connectivity index (χ4v) is 2.18. The minimum absolute atomic E-state index is 0.0640. The molecule has 4 heteroatoms. The number of para-hydroxylation sites is 1. The molecule has 0 saturated heterocycles. The van der Waals surface area contributed by atoms with E-state index >= 15 is 0 Å². The van der Waals surface area contributed by atoms with E-state index in [0.717, 1.165) is 22.3 Å². The van der Waals surface area contributed by atoms with Gasteiger partial charge in [0.2, 0.25) is 5.91 Å². The molecule has 1 aliphatic rings. The molecule has 2 aromatic rings. The number of hydrogen-bond donors (Lipinski definition) is 1. The number of amides is 1. The first-order chi connectivity index (χ1) is 8.18. The highest BCUT2D eigenvalue weighted by molar-refractivity contribution is 6.11. The SMILES string of the molecule is CC1N=Cc2c(n(C)c3ccccc23)NC1=O. The molecule has 0 saturated carbocycles. The summed E-state index contributed by atoms with van der Waals surface area (Å²) in [5, 5.41) is 4.04. The van der Waals surface area contributed by atoms with Gasteiger partial charge in [-0.15, -0.1) is 0 Å². The van der Waals surface area contributed by atoms with Crippen LogP contribution >= 0.6 is 0 Å². The molecule has 1 unspecified atom stereocenters. The molecule has 2 heterocycles. The molecule has 1 atom stereocenters. The number of fused-ring (bicyclic) bond motifs is 3. The van der Waals surface area contributed by atoms with E-state index in [1.165, 1.54) is 0 Å². The number of hydrogen-bond acceptors (Lipinski definition) is 2. The molecular formula is C13H13N3O. The molecule has 4 nitrogen and oxygen atoms in total. The Morgan fingerprint density at radius 3 is 2.94 bits per heavy atom. The average Bonchev–Trinajstić information content (AvgIpc) is 2.50. The molecule has 0 aliphatic carbocycles. The molecule has 0 radical (unpaired) electrons. The van der Waals surface area contributed by atoms with Crippen LogP contribution in [-0.4, -0.2) is 22.7 Å². The van der Waals surface area contributed by atoms with Crippen LogP contribution < -0.4 is 5.32 Å². The largest absolute Gasteiger partial charge is 0.330 e. The molecule has 1 aliphatic heterocycles. The lowest BCUT2D eigenvalue weighted by molar-refractivity contribution is -0.116. The molecule has 1 N–H and O–H groups in total. The number of aryl methyl sites for hydroxylation is 1. The Balaban J connectivity index is 2.34. The monoisotopic (exact) mass is 227 g/mol. The predicted octanol–water partition coefficient (Wildman–Crippen LogP) is 1.94. The van der Waals surface area contributed by atoms with Crippen LogP contribution in [0.4, 0.5) is 5.82 Å². The fraction of sp³-hybridized carbons (Fsp3) is 0.231. The van der Waals surface area contributed by atoms with Crippen LogP contribution in [0.5, 0.6) is 0 Å². The fourth-order valence-electron chi connectivity index (χ4n) is 2.18. The van der Waals surface area contributed by atoms with Crippen molar-refractivity contribution in [1.82, 2.24) is 4.57 Å². The third-order valence-electron chi connectivity index (χ3n) is 3.19. The van der Waals surface area contributed by atoms with Crippen molar-refractivity contribution in [1.29, 1.82) is 0 Å². The van der Waals surface area contributed by atoms with Crippen molar-refractivity contribution >= 4 is 28.8 Å². The van der Waals surface area contributed by atoms with Crippen LogP contribution in [0.3, 0.4) is 0 Å². The molecule has 0 bridgehead atoms. The Morgan fingerprint density at radius 1 is 1.35 bits per heavy atom. The second-order valence-corrected chi connectivity index (χ2v) is 4.28. The molecule has 0 spiro atoms. The van der Waals surface area contributed by atoms with E-state index in [-0.39, 0.29) is 11.9 Å². The number of rotatable bonds is 0. The smallest absolute Gasteiger partial charge is 0.249 e. The van der Waals surface area contributed by atoms with Gasteiger partial charge in [0.15, 0.2) is 0 Å². The third-order valence-corrected chi connectivity index (χ3v) is 3.19. The van der Waals surface area contributed by atoms with Gasteiger partial charge in [-0.25, -0.2) is 0 Å². The van der Waals surface area contributed by atoms with Gasteiger partial charge in [0.1, 0.15) is 11.9 Å². The first-order valence-corrected chi connectivity index (χ1v) is 5.60. The van der Waals surface area contributed by atoms with Crippen molar-refractivity contribution < 1.29 is 4.79 Å². The topological polar surface area (TPSA) is 46.4 Å². The van der Waals surface area contributed by atoms with Gasteiger partial charge in [0.25, 0.3) is 0 Å². The molecule has 86 valence electrons. The van der Waals surface area contributed by atoms with E-state index in [1.807, 2.05) is 35.9 Å². The number of carbonyl (C=O) groups is 1. The summed E-state index contributed by atoms with van der Waals surface area (Å²) in [6, 6.07) is 7.73. The Hall–Kier alpha value is -2.10. The molecule has 1 aromatic carbocycles. The maximum atomic E-state index is 11.8. The first kappa shape index (κ1) is 10.1. The second kappa shape index (κ2) is 3.45. The lowest BCUT2D eigenvalue weighted by atomic mass is 10.2. The van der Waals surface area contributed by atoms with Gasteiger partial charge in [-0.2, -0.15) is 0 Å². The maximum absolute atomic E-state index is 11.8. The standard InChI is InChI=1S/C13H13N3O/c1-8-13(17)15-12-10(7-14-8)9-5-3-4-6-11(9)16(12)2/h3-8H,1-2H3,(H,15,17). The van der Waals surface area contributed by atoms with Crippen molar-refractivity contribution in [3.05, 3.63) is 29.8 Å². The zero-order valence-corrected chi connectivity index (χ0v) is 9.77. The molecular weight excluding hydrogens is 214 g/mol. The van der Waals surface area contributed by atoms with E-state index < -0.39 is 0 Å². The Bertz CT molecular complexity index is 639. The number of nitrogens with zero attached hydrogens (tertiary/aromatic N) is 2. The van der Waals surface area contributed by atoms with Crippen LogP contribution in [0.2, 0.25) is 0 Å². The minimum Gasteiger partial charge on any atom is -0.330 e. The van der Waals surface area contributed by atoms with Gasteiger partial charge in [-0.1, -0.05) is 18.2 Å². The third kappa shape index (κ3) is 1.37. The van der Waals surface area contributed by atoms with E-state index in [4.69, 9.17) is 0 Å². The number of nitrogens with one attached hydrogen (secondary N) is 1. The minimum atomic E-state index is -0.332. The summed E-state index contributed by atoms with van der Waals surface area (Å²) in [5.74, 6) is 0.759. The summed E-state index contributed by atoms with van der Waals surface area (Å²) < 4.78 is 1.99. The van der Waals surface area contributed by atoms with Crippen LogP contribution in [-0.2, 0) is 11.8 Å². The van der Waals surface area contributed by atoms with Crippen molar-refractivity contribution in [2.75, 3.05) is 5.32 Å². The summed E-state index contributed by atoms with van der Waals surface area (Å²) in [7, 11) is 1.95. The van der Waals surface area contributed by atoms with Crippen molar-refractivity contribution in [3.8, 4) is 0 Å². The molecule has 0 fully saturated rings. The van der Waals surface area contributed by atoms with Gasteiger partial charge in [0, 0.05) is 24.2 Å². The summed E-state index contributed by atoms with van der Waals surface area (Å²) in [4.78, 5) is 16.0. The highest BCUT2D eigenvalue weighted by Crippen LogP contribution is 2.29. The summed E-state index contributed by atoms with van der Waals surface area (Å²) in [5.41, 5.74) is 2.08. The van der Waals surface area contributed by atoms with Crippen molar-refractivity contribution in [2.45, 2.75) is 13.0 Å². The van der Waals surface area contributed by atoms with Gasteiger partial charge in [-0.05, 0) is 13.0 Å². The number of anilines is 1. The van der Waals surface area contributed by atoms with E-state index in [2.05, 4.69) is 10.3 Å². The number of aromatic nitrogens is 1. The van der Waals surface area contributed by atoms with Crippen LogP contribution in [0.15, 0.2) is 29.3 Å². The zero-order valence-electron chi connectivity index (χ0n) is 9.77. The Kier molecular flexibility index (Phi) is 2.04. The quantitative estimate of drug-likeness (QED) is 0.734. The normalized spacial score (nSPS) is 18.9. The number of carbonyl (C=O) groups excluding carboxylic acids is 1. The number of benzene rings is 1. The average molecular weight is 227 g/mol. The van der Waals surface area contributed by atoms with Crippen LogP contribution in [0.1, 0.15) is 12.5 Å². The summed E-state index contributed by atoms with van der Waals surface area (Å²) >= 11 is 0. The summed E-state index contributed by atoms with van der Waals surface area (Å²) in [6.07, 6.45) is 1.79. The molecule has 3 rings (SSSR count).